The Morgan fingerprint density at radius 3 is 1.53 bits per heavy atom. The first-order valence-electron chi connectivity index (χ1n) is 8.57. The molecule has 2 N–H and O–H groups in total. The molecule has 7 nitrogen and oxygen atoms in total. The normalized spacial score (nSPS) is 11.8. The van der Waals surface area contributed by atoms with Gasteiger partial charge in [-0.3, -0.25) is 9.44 Å². The third-order valence-corrected chi connectivity index (χ3v) is 8.32. The Kier molecular flexibility index (Phi) is 7.38. The smallest absolute Gasteiger partial charge is 0.262 e. The van der Waals surface area contributed by atoms with Gasteiger partial charge in [-0.15, -0.1) is 0 Å². The van der Waals surface area contributed by atoms with Gasteiger partial charge in [0.15, 0.2) is 0 Å². The maximum atomic E-state index is 12.9. The van der Waals surface area contributed by atoms with Gasteiger partial charge in [-0.1, -0.05) is 46.4 Å². The number of nitrogens with one attached hydrogen (secondary N) is 2. The molecule has 170 valence electrons. The van der Waals surface area contributed by atoms with Gasteiger partial charge in [-0.2, -0.15) is 0 Å². The van der Waals surface area contributed by atoms with Gasteiger partial charge in [0.25, 0.3) is 20.0 Å². The van der Waals surface area contributed by atoms with Crippen molar-refractivity contribution in [3.63, 3.8) is 0 Å². The molecule has 0 aliphatic heterocycles. The van der Waals surface area contributed by atoms with Crippen LogP contribution in [-0.4, -0.2) is 23.9 Å². The average molecular weight is 556 g/mol. The third-order valence-electron chi connectivity index (χ3n) is 4.12. The minimum Gasteiger partial charge on any atom is -0.497 e. The van der Waals surface area contributed by atoms with E-state index in [1.54, 1.807) is 0 Å². The summed E-state index contributed by atoms with van der Waals surface area (Å²) >= 11 is 23.5. The van der Waals surface area contributed by atoms with Crippen LogP contribution in [0.5, 0.6) is 5.75 Å². The molecular weight excluding hydrogens is 542 g/mol. The van der Waals surface area contributed by atoms with Crippen LogP contribution in [0.15, 0.2) is 64.4 Å². The van der Waals surface area contributed by atoms with Crippen molar-refractivity contribution in [3.05, 3.63) is 74.7 Å². The maximum Gasteiger partial charge on any atom is 0.262 e. The van der Waals surface area contributed by atoms with Crippen molar-refractivity contribution in [1.29, 1.82) is 0 Å². The van der Waals surface area contributed by atoms with Crippen molar-refractivity contribution in [2.75, 3.05) is 16.6 Å². The lowest BCUT2D eigenvalue weighted by Gasteiger charge is -2.16. The number of methoxy groups -OCH3 is 1. The molecule has 0 saturated heterocycles. The molecule has 13 heteroatoms. The van der Waals surface area contributed by atoms with Gasteiger partial charge < -0.3 is 4.74 Å². The van der Waals surface area contributed by atoms with Crippen molar-refractivity contribution >= 4 is 77.8 Å². The molecule has 0 aliphatic rings. The fourth-order valence-corrected chi connectivity index (χ4v) is 5.45. The van der Waals surface area contributed by atoms with E-state index in [-0.39, 0.29) is 47.0 Å². The van der Waals surface area contributed by atoms with Crippen molar-refractivity contribution in [1.82, 2.24) is 0 Å². The lowest BCUT2D eigenvalue weighted by atomic mass is 10.2. The van der Waals surface area contributed by atoms with E-state index in [0.29, 0.717) is 0 Å². The van der Waals surface area contributed by atoms with E-state index in [1.165, 1.54) is 61.7 Å². The van der Waals surface area contributed by atoms with E-state index in [2.05, 4.69) is 9.44 Å². The predicted molar refractivity (Wildman–Crippen MR) is 128 cm³/mol. The van der Waals surface area contributed by atoms with Crippen LogP contribution >= 0.6 is 46.4 Å². The summed E-state index contributed by atoms with van der Waals surface area (Å²) < 4.78 is 61.2. The number of rotatable bonds is 7. The number of sulfonamides is 2. The van der Waals surface area contributed by atoms with Crippen LogP contribution in [-0.2, 0) is 20.0 Å². The van der Waals surface area contributed by atoms with E-state index in [1.807, 2.05) is 0 Å². The Bertz CT molecular complexity index is 1400. The van der Waals surface area contributed by atoms with Crippen molar-refractivity contribution in [2.45, 2.75) is 9.79 Å². The molecule has 0 radical (unpaired) electrons. The number of anilines is 2. The van der Waals surface area contributed by atoms with Crippen LogP contribution in [0.4, 0.5) is 11.4 Å². The molecule has 0 amide bonds. The van der Waals surface area contributed by atoms with E-state index in [0.717, 1.165) is 0 Å². The zero-order chi connectivity index (χ0) is 23.7. The van der Waals surface area contributed by atoms with Crippen LogP contribution in [0.1, 0.15) is 0 Å². The zero-order valence-corrected chi connectivity index (χ0v) is 20.7. The zero-order valence-electron chi connectivity index (χ0n) is 16.1. The summed E-state index contributed by atoms with van der Waals surface area (Å²) in [5.41, 5.74) is -0.139. The maximum absolute atomic E-state index is 12.9. The quantitative estimate of drug-likeness (QED) is 0.377. The highest BCUT2D eigenvalue weighted by molar-refractivity contribution is 7.93. The number of hydrogen-bond acceptors (Lipinski definition) is 5. The minimum absolute atomic E-state index is 0.0423. The highest BCUT2D eigenvalue weighted by atomic mass is 35.5. The molecule has 0 aromatic heterocycles. The highest BCUT2D eigenvalue weighted by Gasteiger charge is 2.22. The number of halogens is 4. The SMILES string of the molecule is COc1ccc(NS(=O)(=O)c2ccc(Cl)c(Cl)c2)c(NS(=O)(=O)c2ccc(Cl)c(Cl)c2)c1. The van der Waals surface area contributed by atoms with E-state index < -0.39 is 20.0 Å². The summed E-state index contributed by atoms with van der Waals surface area (Å²) in [6.45, 7) is 0. The van der Waals surface area contributed by atoms with Gasteiger partial charge in [-0.25, -0.2) is 16.8 Å². The van der Waals surface area contributed by atoms with Crippen molar-refractivity contribution in [2.24, 2.45) is 0 Å². The number of ether oxygens (including phenoxy) is 1. The Balaban J connectivity index is 2.01. The Hall–Kier alpha value is -1.88. The van der Waals surface area contributed by atoms with Crippen LogP contribution < -0.4 is 14.2 Å². The molecule has 0 fully saturated rings. The average Bonchev–Trinajstić information content (AvgIpc) is 2.72. The summed E-state index contributed by atoms with van der Waals surface area (Å²) in [5.74, 6) is 0.286. The fourth-order valence-electron chi connectivity index (χ4n) is 2.52. The molecule has 32 heavy (non-hydrogen) atoms. The summed E-state index contributed by atoms with van der Waals surface area (Å²) in [7, 11) is -6.91. The van der Waals surface area contributed by atoms with Gasteiger partial charge in [-0.05, 0) is 48.5 Å². The van der Waals surface area contributed by atoms with Crippen LogP contribution in [0.3, 0.4) is 0 Å². The summed E-state index contributed by atoms with van der Waals surface area (Å²) in [5, 5.41) is 0.456. The number of benzene rings is 3. The molecule has 3 rings (SSSR count). The molecule has 3 aromatic carbocycles. The summed E-state index contributed by atoms with van der Waals surface area (Å²) in [6.07, 6.45) is 0. The van der Waals surface area contributed by atoms with E-state index in [9.17, 15) is 16.8 Å². The molecule has 0 heterocycles. The lowest BCUT2D eigenvalue weighted by Crippen LogP contribution is -2.17. The summed E-state index contributed by atoms with van der Waals surface area (Å²) in [4.78, 5) is -0.339. The second-order valence-electron chi connectivity index (χ2n) is 6.27. The Morgan fingerprint density at radius 2 is 1.09 bits per heavy atom. The molecular formula is C19H14Cl4N2O5S2. The van der Waals surface area contributed by atoms with Crippen molar-refractivity contribution < 1.29 is 21.6 Å². The first kappa shape index (κ1) is 24.8. The van der Waals surface area contributed by atoms with Gasteiger partial charge in [0.2, 0.25) is 0 Å². The predicted octanol–water partition coefficient (Wildman–Crippen LogP) is 5.91. The molecule has 0 bridgehead atoms. The van der Waals surface area contributed by atoms with Gasteiger partial charge in [0, 0.05) is 6.07 Å². The van der Waals surface area contributed by atoms with Crippen LogP contribution in [0.25, 0.3) is 0 Å². The van der Waals surface area contributed by atoms with Crippen LogP contribution in [0.2, 0.25) is 20.1 Å². The molecule has 0 atom stereocenters. The molecule has 3 aromatic rings. The van der Waals surface area contributed by atoms with Gasteiger partial charge in [0.1, 0.15) is 5.75 Å². The lowest BCUT2D eigenvalue weighted by molar-refractivity contribution is 0.415. The first-order chi connectivity index (χ1) is 14.9. The van der Waals surface area contributed by atoms with Crippen molar-refractivity contribution in [3.8, 4) is 5.75 Å². The molecule has 0 aliphatic carbocycles. The standard InChI is InChI=1S/C19H14Cl4N2O5S2/c1-30-11-2-7-18(24-31(26,27)12-3-5-14(20)16(22)9-12)19(8-11)25-32(28,29)13-4-6-15(21)17(23)10-13/h2-10,24-25H,1H3. The third kappa shape index (κ3) is 5.54. The largest absolute Gasteiger partial charge is 0.497 e. The van der Waals surface area contributed by atoms with E-state index in [4.69, 9.17) is 51.1 Å². The molecule has 0 unspecified atom stereocenters. The van der Waals surface area contributed by atoms with Gasteiger partial charge >= 0.3 is 0 Å². The number of hydrogen-bond donors (Lipinski definition) is 2. The minimum atomic E-state index is -4.15. The molecule has 0 spiro atoms. The topological polar surface area (TPSA) is 102 Å². The first-order valence-corrected chi connectivity index (χ1v) is 13.0. The fraction of sp³-hybridized carbons (Fsp3) is 0.0526. The van der Waals surface area contributed by atoms with Crippen LogP contribution in [0, 0.1) is 0 Å². The summed E-state index contributed by atoms with van der Waals surface area (Å²) in [6, 6.07) is 11.7. The second-order valence-corrected chi connectivity index (χ2v) is 11.3. The molecule has 0 saturated carbocycles. The Labute approximate surface area is 205 Å². The second kappa shape index (κ2) is 9.54. The highest BCUT2D eigenvalue weighted by Crippen LogP contribution is 2.33. The van der Waals surface area contributed by atoms with Gasteiger partial charge in [0.05, 0.1) is 48.4 Å². The monoisotopic (exact) mass is 554 g/mol. The Morgan fingerprint density at radius 1 is 0.625 bits per heavy atom. The van der Waals surface area contributed by atoms with E-state index >= 15 is 0 Å².